The minimum absolute atomic E-state index is 0.568. The Morgan fingerprint density at radius 3 is 2.57 bits per heavy atom. The molecule has 0 amide bonds. The molecule has 0 saturated carbocycles. The lowest BCUT2D eigenvalue weighted by molar-refractivity contribution is 1.23. The molecule has 0 fully saturated rings. The first-order valence-corrected chi connectivity index (χ1v) is 4.78. The summed E-state index contributed by atoms with van der Waals surface area (Å²) in [5, 5.41) is 10.4. The van der Waals surface area contributed by atoms with Crippen LogP contribution in [0.4, 0.5) is 0 Å². The molecule has 0 heterocycles. The van der Waals surface area contributed by atoms with E-state index in [9.17, 15) is 0 Å². The number of rotatable bonds is 1. The summed E-state index contributed by atoms with van der Waals surface area (Å²) in [6.45, 7) is 0. The summed E-state index contributed by atoms with van der Waals surface area (Å²) in [6.07, 6.45) is 0. The van der Waals surface area contributed by atoms with Gasteiger partial charge >= 0.3 is 0 Å². The third kappa shape index (κ3) is 1.45. The van der Waals surface area contributed by atoms with E-state index in [4.69, 9.17) is 16.9 Å². The lowest BCUT2D eigenvalue weighted by Gasteiger charge is -2.05. The summed E-state index contributed by atoms with van der Waals surface area (Å²) >= 11 is 5.91. The molecule has 0 spiro atoms. The summed E-state index contributed by atoms with van der Waals surface area (Å²) in [5.41, 5.74) is 0.882. The Kier molecular flexibility index (Phi) is 2.39. The Bertz CT molecular complexity index is 494. The fourth-order valence-corrected chi connectivity index (χ4v) is 1.73. The standard InChI is InChI=1S/C12H8ClN/c13-12(8-14)11-7-3-5-9-4-1-2-6-10(9)11/h1-7,12H. The van der Waals surface area contributed by atoms with E-state index in [1.807, 2.05) is 48.5 Å². The van der Waals surface area contributed by atoms with Gasteiger partial charge in [0.1, 0.15) is 5.38 Å². The van der Waals surface area contributed by atoms with Gasteiger partial charge in [-0.25, -0.2) is 0 Å². The van der Waals surface area contributed by atoms with Crippen molar-refractivity contribution < 1.29 is 0 Å². The smallest absolute Gasteiger partial charge is 0.146 e. The van der Waals surface area contributed by atoms with E-state index in [0.29, 0.717) is 0 Å². The van der Waals surface area contributed by atoms with Crippen molar-refractivity contribution in [3.8, 4) is 6.07 Å². The van der Waals surface area contributed by atoms with Crippen LogP contribution >= 0.6 is 11.6 Å². The summed E-state index contributed by atoms with van der Waals surface area (Å²) in [7, 11) is 0. The van der Waals surface area contributed by atoms with Crippen molar-refractivity contribution in [2.75, 3.05) is 0 Å². The van der Waals surface area contributed by atoms with Crippen LogP contribution in [-0.2, 0) is 0 Å². The number of alkyl halides is 1. The molecule has 0 aliphatic heterocycles. The van der Waals surface area contributed by atoms with Crippen LogP contribution in [0.15, 0.2) is 42.5 Å². The number of hydrogen-bond acceptors (Lipinski definition) is 1. The van der Waals surface area contributed by atoms with E-state index < -0.39 is 5.38 Å². The van der Waals surface area contributed by atoms with Gasteiger partial charge in [0, 0.05) is 0 Å². The highest BCUT2D eigenvalue weighted by Crippen LogP contribution is 2.27. The first-order valence-electron chi connectivity index (χ1n) is 4.34. The Morgan fingerprint density at radius 2 is 1.79 bits per heavy atom. The minimum Gasteiger partial charge on any atom is -0.196 e. The van der Waals surface area contributed by atoms with E-state index >= 15 is 0 Å². The molecule has 1 nitrogen and oxygen atoms in total. The Balaban J connectivity index is 2.72. The Labute approximate surface area is 87.5 Å². The van der Waals surface area contributed by atoms with Gasteiger partial charge in [0.2, 0.25) is 0 Å². The van der Waals surface area contributed by atoms with Crippen LogP contribution in [0.5, 0.6) is 0 Å². The van der Waals surface area contributed by atoms with Crippen molar-refractivity contribution in [2.24, 2.45) is 0 Å². The lowest BCUT2D eigenvalue weighted by Crippen LogP contribution is -1.87. The van der Waals surface area contributed by atoms with Crippen LogP contribution in [0.2, 0.25) is 0 Å². The maximum Gasteiger partial charge on any atom is 0.146 e. The zero-order valence-electron chi connectivity index (χ0n) is 7.44. The van der Waals surface area contributed by atoms with E-state index in [2.05, 4.69) is 0 Å². The Morgan fingerprint density at radius 1 is 1.07 bits per heavy atom. The lowest BCUT2D eigenvalue weighted by atomic mass is 10.0. The molecule has 2 aromatic rings. The van der Waals surface area contributed by atoms with E-state index in [1.54, 1.807) is 0 Å². The molecule has 2 heteroatoms. The summed E-state index contributed by atoms with van der Waals surface area (Å²) < 4.78 is 0. The molecule has 0 radical (unpaired) electrons. The minimum atomic E-state index is -0.568. The van der Waals surface area contributed by atoms with Crippen molar-refractivity contribution in [1.29, 1.82) is 5.26 Å². The molecule has 0 N–H and O–H groups in total. The van der Waals surface area contributed by atoms with E-state index in [-0.39, 0.29) is 0 Å². The molecule has 0 bridgehead atoms. The zero-order chi connectivity index (χ0) is 9.97. The molecule has 0 aromatic heterocycles. The van der Waals surface area contributed by atoms with E-state index in [0.717, 1.165) is 16.3 Å². The normalized spacial score (nSPS) is 12.3. The number of nitriles is 1. The second-order valence-electron chi connectivity index (χ2n) is 3.06. The third-order valence-corrected chi connectivity index (χ3v) is 2.54. The molecule has 68 valence electrons. The maximum atomic E-state index is 8.77. The Hall–Kier alpha value is -1.52. The molecular formula is C12H8ClN. The monoisotopic (exact) mass is 201 g/mol. The highest BCUT2D eigenvalue weighted by atomic mass is 35.5. The predicted molar refractivity (Wildman–Crippen MR) is 58.2 cm³/mol. The quantitative estimate of drug-likeness (QED) is 0.647. The molecular weight excluding hydrogens is 194 g/mol. The molecule has 1 atom stereocenters. The predicted octanol–water partition coefficient (Wildman–Crippen LogP) is 3.64. The molecule has 2 aromatic carbocycles. The number of nitrogens with zero attached hydrogens (tertiary/aromatic N) is 1. The van der Waals surface area contributed by atoms with Crippen LogP contribution in [0.1, 0.15) is 10.9 Å². The SMILES string of the molecule is N#CC(Cl)c1cccc2ccccc12. The number of benzene rings is 2. The molecule has 1 unspecified atom stereocenters. The van der Waals surface area contributed by atoms with Crippen molar-refractivity contribution in [2.45, 2.75) is 5.38 Å². The zero-order valence-corrected chi connectivity index (χ0v) is 8.20. The average Bonchev–Trinajstić information content (AvgIpc) is 2.27. The number of fused-ring (bicyclic) bond motifs is 1. The van der Waals surface area contributed by atoms with Gasteiger partial charge in [0.15, 0.2) is 0 Å². The van der Waals surface area contributed by atoms with Crippen molar-refractivity contribution >= 4 is 22.4 Å². The van der Waals surface area contributed by atoms with Gasteiger partial charge in [-0.3, -0.25) is 0 Å². The molecule has 14 heavy (non-hydrogen) atoms. The molecule has 0 aliphatic rings. The van der Waals surface area contributed by atoms with Gasteiger partial charge < -0.3 is 0 Å². The van der Waals surface area contributed by atoms with Crippen LogP contribution in [0.25, 0.3) is 10.8 Å². The fraction of sp³-hybridized carbons (Fsp3) is 0.0833. The highest BCUT2D eigenvalue weighted by molar-refractivity contribution is 6.23. The van der Waals surface area contributed by atoms with Crippen molar-refractivity contribution in [1.82, 2.24) is 0 Å². The average molecular weight is 202 g/mol. The van der Waals surface area contributed by atoms with Crippen LogP contribution in [0, 0.1) is 11.3 Å². The number of halogens is 1. The summed E-state index contributed by atoms with van der Waals surface area (Å²) in [6, 6.07) is 15.8. The summed E-state index contributed by atoms with van der Waals surface area (Å²) in [4.78, 5) is 0. The number of hydrogen-bond donors (Lipinski definition) is 0. The van der Waals surface area contributed by atoms with Crippen LogP contribution < -0.4 is 0 Å². The topological polar surface area (TPSA) is 23.8 Å². The van der Waals surface area contributed by atoms with Gasteiger partial charge in [-0.2, -0.15) is 5.26 Å². The van der Waals surface area contributed by atoms with Gasteiger partial charge in [-0.05, 0) is 16.3 Å². The molecule has 0 aliphatic carbocycles. The van der Waals surface area contributed by atoms with Crippen LogP contribution in [0.3, 0.4) is 0 Å². The van der Waals surface area contributed by atoms with Gasteiger partial charge in [0.25, 0.3) is 0 Å². The van der Waals surface area contributed by atoms with Crippen LogP contribution in [-0.4, -0.2) is 0 Å². The van der Waals surface area contributed by atoms with E-state index in [1.165, 1.54) is 0 Å². The largest absolute Gasteiger partial charge is 0.196 e. The van der Waals surface area contributed by atoms with Crippen molar-refractivity contribution in [3.63, 3.8) is 0 Å². The third-order valence-electron chi connectivity index (χ3n) is 2.21. The highest BCUT2D eigenvalue weighted by Gasteiger charge is 2.08. The van der Waals surface area contributed by atoms with Gasteiger partial charge in [0.05, 0.1) is 6.07 Å². The first-order chi connectivity index (χ1) is 6.83. The second kappa shape index (κ2) is 3.69. The first kappa shape index (κ1) is 9.05. The van der Waals surface area contributed by atoms with Gasteiger partial charge in [-0.1, -0.05) is 42.5 Å². The maximum absolute atomic E-state index is 8.77. The molecule has 2 rings (SSSR count). The fourth-order valence-electron chi connectivity index (χ4n) is 1.54. The second-order valence-corrected chi connectivity index (χ2v) is 3.50. The molecule has 0 saturated heterocycles. The van der Waals surface area contributed by atoms with Gasteiger partial charge in [-0.15, -0.1) is 11.6 Å². The van der Waals surface area contributed by atoms with Crippen molar-refractivity contribution in [3.05, 3.63) is 48.0 Å². The summed E-state index contributed by atoms with van der Waals surface area (Å²) in [5.74, 6) is 0.